The van der Waals surface area contributed by atoms with Gasteiger partial charge in [-0.1, -0.05) is 0 Å². The molecule has 1 aromatic rings. The second-order valence-electron chi connectivity index (χ2n) is 7.17. The molecule has 11 heteroatoms. The van der Waals surface area contributed by atoms with E-state index < -0.39 is 45.5 Å². The Morgan fingerprint density at radius 3 is 2.30 bits per heavy atom. The van der Waals surface area contributed by atoms with Crippen molar-refractivity contribution in [3.63, 3.8) is 0 Å². The van der Waals surface area contributed by atoms with Gasteiger partial charge in [-0.05, 0) is 45.7 Å². The van der Waals surface area contributed by atoms with Crippen LogP contribution in [0.25, 0.3) is 0 Å². The van der Waals surface area contributed by atoms with Gasteiger partial charge in [-0.3, -0.25) is 4.31 Å². The van der Waals surface area contributed by atoms with E-state index in [0.717, 1.165) is 6.07 Å². The van der Waals surface area contributed by atoms with Gasteiger partial charge < -0.3 is 14.9 Å². The van der Waals surface area contributed by atoms with Crippen molar-refractivity contribution in [2.45, 2.75) is 51.3 Å². The third kappa shape index (κ3) is 3.84. The summed E-state index contributed by atoms with van der Waals surface area (Å²) in [5.74, 6) is -1.96. The van der Waals surface area contributed by atoms with Crippen molar-refractivity contribution in [1.29, 1.82) is 0 Å². The summed E-state index contributed by atoms with van der Waals surface area (Å²) in [6.45, 7) is 5.69. The molecule has 0 spiro atoms. The number of aromatic hydroxyl groups is 1. The Kier molecular flexibility index (Phi) is 5.17. The molecule has 0 aromatic heterocycles. The van der Waals surface area contributed by atoms with E-state index in [1.54, 1.807) is 20.8 Å². The van der Waals surface area contributed by atoms with Crippen LogP contribution in [0.4, 0.5) is 18.9 Å². The Bertz CT molecular complexity index is 874. The summed E-state index contributed by atoms with van der Waals surface area (Å²) >= 11 is 0. The number of fused-ring (bicyclic) bond motifs is 1. The fourth-order valence-electron chi connectivity index (χ4n) is 2.94. The van der Waals surface area contributed by atoms with E-state index in [1.807, 2.05) is 0 Å². The summed E-state index contributed by atoms with van der Waals surface area (Å²) in [5, 5.41) is 20.0. The average molecular weight is 411 g/mol. The quantitative estimate of drug-likeness (QED) is 0.790. The molecule has 2 N–H and O–H groups in total. The zero-order valence-electron chi connectivity index (χ0n) is 15.1. The lowest BCUT2D eigenvalue weighted by Gasteiger charge is -2.28. The minimum absolute atomic E-state index is 0.0628. The minimum atomic E-state index is -5.63. The number of carboxylic acid groups (broad SMARTS) is 1. The maximum atomic E-state index is 12.9. The molecule has 0 fully saturated rings. The van der Waals surface area contributed by atoms with Gasteiger partial charge in [-0.2, -0.15) is 21.6 Å². The first-order chi connectivity index (χ1) is 12.1. The molecule has 1 aromatic carbocycles. The summed E-state index contributed by atoms with van der Waals surface area (Å²) in [6, 6.07) is 1.13. The summed E-state index contributed by atoms with van der Waals surface area (Å²) in [4.78, 5) is 11.6. The number of carbonyl (C=O) groups is 1. The number of ether oxygens (including phenoxy) is 1. The van der Waals surface area contributed by atoms with Gasteiger partial charge in [0.25, 0.3) is 0 Å². The van der Waals surface area contributed by atoms with E-state index in [0.29, 0.717) is 0 Å². The molecule has 0 saturated carbocycles. The van der Waals surface area contributed by atoms with Gasteiger partial charge in [0, 0.05) is 17.7 Å². The Morgan fingerprint density at radius 2 is 1.85 bits per heavy atom. The molecule has 1 atom stereocenters. The number of aliphatic carboxylic acids is 1. The number of carboxylic acids is 1. The lowest BCUT2D eigenvalue weighted by Crippen LogP contribution is -2.39. The van der Waals surface area contributed by atoms with E-state index >= 15 is 0 Å². The molecule has 152 valence electrons. The maximum Gasteiger partial charge on any atom is 0.516 e. The molecule has 27 heavy (non-hydrogen) atoms. The number of benzene rings is 1. The third-order valence-electron chi connectivity index (χ3n) is 4.00. The van der Waals surface area contributed by atoms with E-state index in [1.165, 1.54) is 6.92 Å². The van der Waals surface area contributed by atoms with E-state index in [9.17, 15) is 36.6 Å². The smallest absolute Gasteiger partial charge is 0.507 e. The Morgan fingerprint density at radius 1 is 1.30 bits per heavy atom. The van der Waals surface area contributed by atoms with Gasteiger partial charge in [-0.25, -0.2) is 4.79 Å². The van der Waals surface area contributed by atoms with Crippen LogP contribution in [0.2, 0.25) is 0 Å². The van der Waals surface area contributed by atoms with Gasteiger partial charge in [-0.15, -0.1) is 0 Å². The number of nitrogens with zero attached hydrogens (tertiary/aromatic N) is 1. The second kappa shape index (κ2) is 6.55. The first kappa shape index (κ1) is 21.3. The normalized spacial score (nSPS) is 16.3. The number of alkyl halides is 3. The van der Waals surface area contributed by atoms with Gasteiger partial charge >= 0.3 is 21.5 Å². The van der Waals surface area contributed by atoms with Crippen LogP contribution in [-0.4, -0.2) is 42.3 Å². The molecule has 0 unspecified atom stereocenters. The first-order valence-corrected chi connectivity index (χ1v) is 9.37. The molecule has 0 saturated heterocycles. The number of anilines is 1. The van der Waals surface area contributed by atoms with Crippen molar-refractivity contribution < 1.29 is 41.3 Å². The van der Waals surface area contributed by atoms with Crippen molar-refractivity contribution in [2.24, 2.45) is 0 Å². The molecule has 1 heterocycles. The van der Waals surface area contributed by atoms with E-state index in [2.05, 4.69) is 0 Å². The zero-order chi connectivity index (χ0) is 20.9. The Hall–Kier alpha value is -2.01. The zero-order valence-corrected chi connectivity index (χ0v) is 15.9. The standard InChI is InChI=1S/C16H20F3NO6S/c1-8-7-10-9(5-6-20(10)27(24,25)16(17,18)19)12(21)11(8)13(14(22)23)26-15(2,3)4/h7,13,21H,5-6H2,1-4H3,(H,22,23)/t13-/m0/s1. The molecular formula is C16H20F3NO6S. The van der Waals surface area contributed by atoms with Crippen molar-refractivity contribution in [1.82, 2.24) is 0 Å². The molecule has 2 rings (SSSR count). The van der Waals surface area contributed by atoms with Crippen LogP contribution >= 0.6 is 0 Å². The summed E-state index contributed by atoms with van der Waals surface area (Å²) in [7, 11) is -5.63. The monoisotopic (exact) mass is 411 g/mol. The molecule has 1 aliphatic rings. The third-order valence-corrected chi connectivity index (χ3v) is 5.55. The molecule has 7 nitrogen and oxygen atoms in total. The van der Waals surface area contributed by atoms with E-state index in [4.69, 9.17) is 4.74 Å². The maximum absolute atomic E-state index is 12.9. The molecule has 0 amide bonds. The SMILES string of the molecule is Cc1cc2c(c(O)c1[C@H](OC(C)(C)C)C(=O)O)CCN2S(=O)(=O)C(F)(F)F. The lowest BCUT2D eigenvalue weighted by atomic mass is 9.96. The average Bonchev–Trinajstić information content (AvgIpc) is 2.87. The van der Waals surface area contributed by atoms with Crippen LogP contribution < -0.4 is 4.31 Å². The number of rotatable bonds is 4. The largest absolute Gasteiger partial charge is 0.516 e. The first-order valence-electron chi connectivity index (χ1n) is 7.93. The lowest BCUT2D eigenvalue weighted by molar-refractivity contribution is -0.160. The van der Waals surface area contributed by atoms with Crippen molar-refractivity contribution in [3.8, 4) is 5.75 Å². The number of sulfonamides is 1. The Balaban J connectivity index is 2.62. The predicted octanol–water partition coefficient (Wildman–Crippen LogP) is 2.85. The van der Waals surface area contributed by atoms with Gasteiger partial charge in [0.05, 0.1) is 11.3 Å². The molecule has 0 aliphatic carbocycles. The molecular weight excluding hydrogens is 391 g/mol. The van der Waals surface area contributed by atoms with Gasteiger partial charge in [0.1, 0.15) is 5.75 Å². The topological polar surface area (TPSA) is 104 Å². The highest BCUT2D eigenvalue weighted by Crippen LogP contribution is 2.45. The number of hydrogen-bond donors (Lipinski definition) is 2. The summed E-state index contributed by atoms with van der Waals surface area (Å²) in [5.41, 5.74) is -6.75. The predicted molar refractivity (Wildman–Crippen MR) is 90.1 cm³/mol. The van der Waals surface area contributed by atoms with E-state index in [-0.39, 0.29) is 33.1 Å². The fourth-order valence-corrected chi connectivity index (χ4v) is 3.94. The van der Waals surface area contributed by atoms with Crippen molar-refractivity contribution in [3.05, 3.63) is 22.8 Å². The highest BCUT2D eigenvalue weighted by molar-refractivity contribution is 7.93. The Labute approximate surface area is 154 Å². The number of phenols is 1. The fraction of sp³-hybridized carbons (Fsp3) is 0.562. The highest BCUT2D eigenvalue weighted by atomic mass is 32.2. The molecule has 0 bridgehead atoms. The van der Waals surface area contributed by atoms with Crippen LogP contribution in [0.15, 0.2) is 6.07 Å². The summed E-state index contributed by atoms with van der Waals surface area (Å²) < 4.78 is 67.8. The van der Waals surface area contributed by atoms with Crippen LogP contribution in [0.1, 0.15) is 43.6 Å². The highest BCUT2D eigenvalue weighted by Gasteiger charge is 2.52. The van der Waals surface area contributed by atoms with Crippen LogP contribution in [-0.2, 0) is 26.0 Å². The summed E-state index contributed by atoms with van der Waals surface area (Å²) in [6.07, 6.45) is -1.76. The number of halogens is 3. The van der Waals surface area contributed by atoms with Crippen LogP contribution in [0, 0.1) is 6.92 Å². The number of aryl methyl sites for hydroxylation is 1. The molecule has 0 radical (unpaired) electrons. The molecule has 1 aliphatic heterocycles. The number of phenolic OH excluding ortho intramolecular Hbond substituents is 1. The van der Waals surface area contributed by atoms with Crippen molar-refractivity contribution in [2.75, 3.05) is 10.8 Å². The van der Waals surface area contributed by atoms with Crippen LogP contribution in [0.3, 0.4) is 0 Å². The van der Waals surface area contributed by atoms with Crippen LogP contribution in [0.5, 0.6) is 5.75 Å². The number of hydrogen-bond acceptors (Lipinski definition) is 5. The minimum Gasteiger partial charge on any atom is -0.507 e. The van der Waals surface area contributed by atoms with Crippen molar-refractivity contribution >= 4 is 21.7 Å². The second-order valence-corrected chi connectivity index (χ2v) is 9.03. The van der Waals surface area contributed by atoms with Gasteiger partial charge in [0.2, 0.25) is 0 Å². The van der Waals surface area contributed by atoms with Gasteiger partial charge in [0.15, 0.2) is 6.10 Å².